The molecule has 0 aromatic heterocycles. The minimum absolute atomic E-state index is 0.147. The second kappa shape index (κ2) is 72.6. The van der Waals surface area contributed by atoms with Gasteiger partial charge in [0.25, 0.3) is 0 Å². The summed E-state index contributed by atoms with van der Waals surface area (Å²) >= 11 is 0. The third-order valence-electron chi connectivity index (χ3n) is 17.5. The first kappa shape index (κ1) is 87.7. The van der Waals surface area contributed by atoms with Gasteiger partial charge in [0.2, 0.25) is 0 Å². The smallest absolute Gasteiger partial charge is 0.306 e. The van der Waals surface area contributed by atoms with Gasteiger partial charge in [-0.15, -0.1) is 0 Å². The van der Waals surface area contributed by atoms with E-state index in [-0.39, 0.29) is 32.2 Å². The van der Waals surface area contributed by atoms with Gasteiger partial charge in [-0.2, -0.15) is 0 Å². The van der Waals surface area contributed by atoms with Gasteiger partial charge in [-0.1, -0.05) is 369 Å². The molecule has 0 aromatic rings. The van der Waals surface area contributed by atoms with Gasteiger partial charge in [-0.25, -0.2) is 0 Å². The van der Waals surface area contributed by atoms with Crippen LogP contribution in [0, 0.1) is 0 Å². The van der Waals surface area contributed by atoms with E-state index in [1.807, 2.05) is 21.1 Å². The Labute approximate surface area is 564 Å². The SMILES string of the molecule is CC/C=C\C/C=C\C/C=C\C/C=C\C/C=C\C/C=C\CCCCCCCCCCCCCCC(=O)OC(COC(=O)CCCCCCCCCCCCCCCCCCCCCCCCCCCCCCCCCCCCC)COC(OCC[N+](C)(C)C)C(=O)[O-]. The maximum atomic E-state index is 13.0. The van der Waals surface area contributed by atoms with E-state index in [4.69, 9.17) is 18.9 Å². The number of likely N-dealkylation sites (N-methyl/N-ethyl adjacent to an activating group) is 1. The van der Waals surface area contributed by atoms with Crippen LogP contribution in [0.25, 0.3) is 0 Å². The molecule has 0 rings (SSSR count). The van der Waals surface area contributed by atoms with Crippen LogP contribution in [0.4, 0.5) is 0 Å². The highest BCUT2D eigenvalue weighted by atomic mass is 16.7. The molecule has 0 spiro atoms. The van der Waals surface area contributed by atoms with Gasteiger partial charge in [0.15, 0.2) is 12.4 Å². The highest BCUT2D eigenvalue weighted by Crippen LogP contribution is 2.19. The van der Waals surface area contributed by atoms with Gasteiger partial charge in [-0.3, -0.25) is 9.59 Å². The Morgan fingerprint density at radius 1 is 0.341 bits per heavy atom. The van der Waals surface area contributed by atoms with E-state index in [0.29, 0.717) is 23.9 Å². The number of aliphatic carboxylic acids is 1. The van der Waals surface area contributed by atoms with Crippen molar-refractivity contribution in [1.29, 1.82) is 0 Å². The summed E-state index contributed by atoms with van der Waals surface area (Å²) in [6.45, 7) is 4.69. The van der Waals surface area contributed by atoms with Crippen molar-refractivity contribution in [3.8, 4) is 0 Å². The quantitative estimate of drug-likeness (QED) is 0.0195. The van der Waals surface area contributed by atoms with Crippen molar-refractivity contribution in [3.63, 3.8) is 0 Å². The molecule has 2 unspecified atom stereocenters. The fraction of sp³-hybridized carbons (Fsp3) is 0.817. The molecular formula is C82H149NO8. The highest BCUT2D eigenvalue weighted by molar-refractivity contribution is 5.70. The maximum absolute atomic E-state index is 13.0. The average molecular weight is 1280 g/mol. The number of carbonyl (C=O) groups excluding carboxylic acids is 3. The number of esters is 2. The molecule has 91 heavy (non-hydrogen) atoms. The Balaban J connectivity index is 4.01. The number of unbranched alkanes of at least 4 members (excludes halogenated alkanes) is 46. The first-order valence-corrected chi connectivity index (χ1v) is 39.1. The molecule has 2 atom stereocenters. The lowest BCUT2D eigenvalue weighted by atomic mass is 10.0. The predicted molar refractivity (Wildman–Crippen MR) is 389 cm³/mol. The number of rotatable bonds is 73. The summed E-state index contributed by atoms with van der Waals surface area (Å²) in [6, 6.07) is 0. The third-order valence-corrected chi connectivity index (χ3v) is 17.5. The lowest BCUT2D eigenvalue weighted by molar-refractivity contribution is -0.870. The van der Waals surface area contributed by atoms with Crippen LogP contribution < -0.4 is 5.11 Å². The molecule has 0 fully saturated rings. The summed E-state index contributed by atoms with van der Waals surface area (Å²) in [7, 11) is 5.94. The number of allylic oxidation sites excluding steroid dienone is 12. The Hall–Kier alpha value is -3.27. The van der Waals surface area contributed by atoms with E-state index in [1.165, 1.54) is 263 Å². The van der Waals surface area contributed by atoms with E-state index in [2.05, 4.69) is 86.8 Å². The van der Waals surface area contributed by atoms with Gasteiger partial charge >= 0.3 is 11.9 Å². The van der Waals surface area contributed by atoms with Crippen LogP contribution in [0.15, 0.2) is 72.9 Å². The summed E-state index contributed by atoms with van der Waals surface area (Å²) in [5.74, 6) is -2.27. The number of quaternary nitrogens is 1. The zero-order valence-corrected chi connectivity index (χ0v) is 60.7. The molecule has 530 valence electrons. The minimum atomic E-state index is -1.62. The number of carboxylic acid groups (broad SMARTS) is 1. The number of carbonyl (C=O) groups is 3. The molecule has 0 saturated heterocycles. The summed E-state index contributed by atoms with van der Waals surface area (Å²) in [6.07, 6.45) is 94.5. The lowest BCUT2D eigenvalue weighted by Crippen LogP contribution is -2.44. The van der Waals surface area contributed by atoms with Crippen molar-refractivity contribution in [2.24, 2.45) is 0 Å². The van der Waals surface area contributed by atoms with E-state index < -0.39 is 24.3 Å². The molecule has 0 radical (unpaired) electrons. The maximum Gasteiger partial charge on any atom is 0.306 e. The molecule has 0 saturated carbocycles. The predicted octanol–water partition coefficient (Wildman–Crippen LogP) is 23.5. The topological polar surface area (TPSA) is 111 Å². The monoisotopic (exact) mass is 1280 g/mol. The van der Waals surface area contributed by atoms with Crippen LogP contribution in [0.1, 0.15) is 373 Å². The Kier molecular flexibility index (Phi) is 69.9. The number of hydrogen-bond donors (Lipinski definition) is 0. The Bertz CT molecular complexity index is 1730. The van der Waals surface area contributed by atoms with Crippen LogP contribution in [0.2, 0.25) is 0 Å². The fourth-order valence-electron chi connectivity index (χ4n) is 11.5. The summed E-state index contributed by atoms with van der Waals surface area (Å²) < 4.78 is 22.9. The minimum Gasteiger partial charge on any atom is -0.545 e. The average Bonchev–Trinajstić information content (AvgIpc) is 3.65. The van der Waals surface area contributed by atoms with Crippen molar-refractivity contribution in [3.05, 3.63) is 72.9 Å². The van der Waals surface area contributed by atoms with E-state index in [9.17, 15) is 19.5 Å². The summed E-state index contributed by atoms with van der Waals surface area (Å²) in [5.41, 5.74) is 0. The number of carboxylic acids is 1. The molecule has 0 amide bonds. The molecule has 0 aliphatic heterocycles. The molecule has 0 heterocycles. The van der Waals surface area contributed by atoms with Crippen LogP contribution in [0.5, 0.6) is 0 Å². The van der Waals surface area contributed by atoms with E-state index in [0.717, 1.165) is 77.0 Å². The number of hydrogen-bond acceptors (Lipinski definition) is 8. The van der Waals surface area contributed by atoms with Gasteiger partial charge in [0.05, 0.1) is 40.3 Å². The van der Waals surface area contributed by atoms with Crippen LogP contribution in [-0.2, 0) is 33.3 Å². The molecular weight excluding hydrogens is 1130 g/mol. The van der Waals surface area contributed by atoms with Crippen LogP contribution in [-0.4, -0.2) is 82.3 Å². The molecule has 0 aromatic carbocycles. The van der Waals surface area contributed by atoms with E-state index >= 15 is 0 Å². The lowest BCUT2D eigenvalue weighted by Gasteiger charge is -2.26. The molecule has 9 nitrogen and oxygen atoms in total. The number of nitrogens with zero attached hydrogens (tertiary/aromatic N) is 1. The van der Waals surface area contributed by atoms with Gasteiger partial charge < -0.3 is 33.3 Å². The van der Waals surface area contributed by atoms with Gasteiger partial charge in [-0.05, 0) is 64.2 Å². The molecule has 0 bridgehead atoms. The van der Waals surface area contributed by atoms with Crippen molar-refractivity contribution in [2.75, 3.05) is 47.5 Å². The summed E-state index contributed by atoms with van der Waals surface area (Å²) in [4.78, 5) is 37.6. The molecule has 9 heteroatoms. The van der Waals surface area contributed by atoms with Gasteiger partial charge in [0, 0.05) is 12.8 Å². The van der Waals surface area contributed by atoms with E-state index in [1.54, 1.807) is 0 Å². The standard InChI is InChI=1S/C82H149NO8/c1-6-8-10-12-14-16-18-20-22-24-26-28-30-32-34-36-38-39-40-41-43-44-46-48-50-52-54-56-58-60-62-64-66-68-70-72-79(84)89-76-78(77-90-82(81(86)87)88-75-74-83(3,4)5)91-80(85)73-71-69-67-65-63-61-59-57-55-53-51-49-47-45-42-37-35-33-31-29-27-25-23-21-19-17-15-13-11-9-7-2/h9,11,15,17,21,23,27,29,33,35,42,45,78,82H,6-8,10,12-14,16,18-20,22,24-26,28,30-32,34,36-41,43-44,46-77H2,1-5H3/b11-9-,17-15-,23-21-,29-27-,35-33-,45-42-. The Morgan fingerprint density at radius 3 is 0.934 bits per heavy atom. The number of ether oxygens (including phenoxy) is 4. The largest absolute Gasteiger partial charge is 0.545 e. The highest BCUT2D eigenvalue weighted by Gasteiger charge is 2.22. The molecule has 0 N–H and O–H groups in total. The van der Waals surface area contributed by atoms with Gasteiger partial charge in [0.1, 0.15) is 13.2 Å². The fourth-order valence-corrected chi connectivity index (χ4v) is 11.5. The second-order valence-corrected chi connectivity index (χ2v) is 27.6. The Morgan fingerprint density at radius 2 is 0.626 bits per heavy atom. The molecule has 0 aliphatic rings. The van der Waals surface area contributed by atoms with Crippen LogP contribution in [0.3, 0.4) is 0 Å². The normalized spacial score (nSPS) is 13.0. The third kappa shape index (κ3) is 74.0. The van der Waals surface area contributed by atoms with Crippen molar-refractivity contribution >= 4 is 17.9 Å². The second-order valence-electron chi connectivity index (χ2n) is 27.6. The zero-order valence-electron chi connectivity index (χ0n) is 60.7. The van der Waals surface area contributed by atoms with Crippen molar-refractivity contribution in [1.82, 2.24) is 0 Å². The van der Waals surface area contributed by atoms with Crippen molar-refractivity contribution < 1.29 is 42.9 Å². The summed E-state index contributed by atoms with van der Waals surface area (Å²) in [5, 5.41) is 11.9. The first-order chi connectivity index (χ1) is 44.6. The molecule has 0 aliphatic carbocycles. The zero-order chi connectivity index (χ0) is 66.1. The van der Waals surface area contributed by atoms with Crippen molar-refractivity contribution in [2.45, 2.75) is 386 Å². The first-order valence-electron chi connectivity index (χ1n) is 39.1. The van der Waals surface area contributed by atoms with Crippen LogP contribution >= 0.6 is 0 Å².